The topological polar surface area (TPSA) is 125 Å². The highest BCUT2D eigenvalue weighted by Gasteiger charge is 2.46. The fourth-order valence-electron chi connectivity index (χ4n) is 8.25. The van der Waals surface area contributed by atoms with Crippen molar-refractivity contribution in [1.82, 2.24) is 25.2 Å². The Labute approximate surface area is 247 Å². The minimum absolute atomic E-state index is 0.0922. The molecule has 4 aromatic rings. The van der Waals surface area contributed by atoms with E-state index in [0.717, 1.165) is 77.9 Å². The Kier molecular flexibility index (Phi) is 5.40. The summed E-state index contributed by atoms with van der Waals surface area (Å²) in [5.74, 6) is 1.57. The van der Waals surface area contributed by atoms with Crippen molar-refractivity contribution in [2.75, 3.05) is 43.5 Å². The van der Waals surface area contributed by atoms with Gasteiger partial charge in [-0.25, -0.2) is 4.98 Å². The van der Waals surface area contributed by atoms with E-state index in [0.29, 0.717) is 53.2 Å². The Balaban J connectivity index is 1.21. The summed E-state index contributed by atoms with van der Waals surface area (Å²) in [6.07, 6.45) is 7.04. The molecule has 11 heteroatoms. The Bertz CT molecular complexity index is 1790. The maximum atomic E-state index is 9.93. The van der Waals surface area contributed by atoms with Crippen LogP contribution < -0.4 is 25.4 Å². The van der Waals surface area contributed by atoms with Crippen LogP contribution in [0.15, 0.2) is 24.3 Å². The number of benzene rings is 1. The summed E-state index contributed by atoms with van der Waals surface area (Å²) in [6, 6.07) is 11.6. The molecule has 9 rings (SSSR count). The normalized spacial score (nSPS) is 25.7. The third kappa shape index (κ3) is 3.58. The lowest BCUT2D eigenvalue weighted by Crippen LogP contribution is -2.60. The van der Waals surface area contributed by atoms with Crippen molar-refractivity contribution in [3.05, 3.63) is 29.8 Å². The van der Waals surface area contributed by atoms with Crippen molar-refractivity contribution in [2.24, 2.45) is 0 Å². The first-order chi connectivity index (χ1) is 20.6. The van der Waals surface area contributed by atoms with Gasteiger partial charge in [-0.1, -0.05) is 12.1 Å². The first-order valence-electron chi connectivity index (χ1n) is 15.1. The summed E-state index contributed by atoms with van der Waals surface area (Å²) in [4.78, 5) is 20.1. The van der Waals surface area contributed by atoms with Crippen LogP contribution in [0.5, 0.6) is 11.8 Å². The van der Waals surface area contributed by atoms with Gasteiger partial charge in [0, 0.05) is 40.3 Å². The van der Waals surface area contributed by atoms with Crippen LogP contribution in [0.1, 0.15) is 44.1 Å². The third-order valence-electron chi connectivity index (χ3n) is 10.2. The highest BCUT2D eigenvalue weighted by atomic mass is 32.1. The van der Waals surface area contributed by atoms with Gasteiger partial charge in [0.15, 0.2) is 5.65 Å². The number of anilines is 2. The van der Waals surface area contributed by atoms with Gasteiger partial charge in [-0.15, -0.1) is 11.3 Å². The third-order valence-corrected chi connectivity index (χ3v) is 11.2. The van der Waals surface area contributed by atoms with Crippen LogP contribution in [-0.2, 0) is 0 Å². The quantitative estimate of drug-likeness (QED) is 0.365. The Morgan fingerprint density at radius 3 is 2.90 bits per heavy atom. The molecule has 2 bridgehead atoms. The van der Waals surface area contributed by atoms with Crippen molar-refractivity contribution < 1.29 is 9.47 Å². The lowest BCUT2D eigenvalue weighted by molar-refractivity contribution is 0.108. The number of fused-ring (bicyclic) bond motifs is 7. The molecule has 4 saturated heterocycles. The van der Waals surface area contributed by atoms with Gasteiger partial charge >= 0.3 is 6.01 Å². The van der Waals surface area contributed by atoms with E-state index in [-0.39, 0.29) is 11.6 Å². The number of thiophene rings is 1. The minimum Gasteiger partial charge on any atom is -0.490 e. The number of rotatable bonds is 4. The van der Waals surface area contributed by atoms with E-state index >= 15 is 0 Å². The predicted octanol–water partition coefficient (Wildman–Crippen LogP) is 4.07. The molecule has 0 radical (unpaired) electrons. The van der Waals surface area contributed by atoms with Crippen molar-refractivity contribution in [3.63, 3.8) is 0 Å². The summed E-state index contributed by atoms with van der Waals surface area (Å²) >= 11 is 1.42. The zero-order chi connectivity index (χ0) is 28.0. The smallest absolute Gasteiger partial charge is 0.320 e. The predicted molar refractivity (Wildman–Crippen MR) is 162 cm³/mol. The summed E-state index contributed by atoms with van der Waals surface area (Å²) in [5, 5.41) is 15.9. The average Bonchev–Trinajstić information content (AvgIpc) is 3.74. The molecule has 0 saturated carbocycles. The van der Waals surface area contributed by atoms with Gasteiger partial charge < -0.3 is 25.4 Å². The molecule has 42 heavy (non-hydrogen) atoms. The molecule has 10 nitrogen and oxygen atoms in total. The van der Waals surface area contributed by atoms with Gasteiger partial charge in [0.25, 0.3) is 0 Å². The number of nitrogens with zero attached hydrogens (tertiary/aromatic N) is 6. The molecule has 0 unspecified atom stereocenters. The standard InChI is InChI=1S/C31H32N8O2S/c32-13-19-25-18(4-1-5-24(25)42-27(19)33)21-12-23-26-28(35-21)36-30(41-16-31-8-2-10-38(31)11-3-9-31)37-29(26)39-14-17-6-7-20(34-17)22(39)15-40-23/h1,4-5,12,17,20,22,34H,2-3,6-11,14-16,33H2/t17-,20+,22-/m1/s1. The number of nitrogen functional groups attached to an aromatic ring is 1. The van der Waals surface area contributed by atoms with E-state index in [9.17, 15) is 5.26 Å². The van der Waals surface area contributed by atoms with Crippen LogP contribution in [0, 0.1) is 11.3 Å². The fourth-order valence-corrected chi connectivity index (χ4v) is 9.20. The van der Waals surface area contributed by atoms with Gasteiger partial charge in [-0.3, -0.25) is 4.90 Å². The highest BCUT2D eigenvalue weighted by Crippen LogP contribution is 2.45. The molecule has 0 spiro atoms. The van der Waals surface area contributed by atoms with E-state index in [1.54, 1.807) is 0 Å². The second kappa shape index (κ2) is 9.14. The number of nitrogens with two attached hydrogens (primary N) is 1. The molecule has 5 aliphatic heterocycles. The Morgan fingerprint density at radius 2 is 2.05 bits per heavy atom. The second-order valence-corrected chi connectivity index (χ2v) is 13.5. The number of nitriles is 1. The number of ether oxygens (including phenoxy) is 2. The summed E-state index contributed by atoms with van der Waals surface area (Å²) in [5.41, 5.74) is 8.92. The Hall–Kier alpha value is -3.72. The summed E-state index contributed by atoms with van der Waals surface area (Å²) < 4.78 is 14.0. The van der Waals surface area contributed by atoms with Gasteiger partial charge in [0.2, 0.25) is 0 Å². The van der Waals surface area contributed by atoms with Crippen LogP contribution in [0.2, 0.25) is 0 Å². The number of pyridine rings is 1. The largest absolute Gasteiger partial charge is 0.490 e. The maximum Gasteiger partial charge on any atom is 0.320 e. The van der Waals surface area contributed by atoms with E-state index < -0.39 is 0 Å². The molecule has 1 aromatic carbocycles. The van der Waals surface area contributed by atoms with E-state index in [4.69, 9.17) is 30.2 Å². The molecule has 0 amide bonds. The lowest BCUT2D eigenvalue weighted by atomic mass is 9.95. The lowest BCUT2D eigenvalue weighted by Gasteiger charge is -2.40. The first-order valence-corrected chi connectivity index (χ1v) is 15.9. The molecule has 0 aliphatic carbocycles. The van der Waals surface area contributed by atoms with Crippen LogP contribution in [0.3, 0.4) is 0 Å². The molecular formula is C31H32N8O2S. The summed E-state index contributed by atoms with van der Waals surface area (Å²) in [6.45, 7) is 4.30. The zero-order valence-electron chi connectivity index (χ0n) is 23.3. The number of hydrogen-bond acceptors (Lipinski definition) is 11. The van der Waals surface area contributed by atoms with Crippen LogP contribution in [0.4, 0.5) is 10.8 Å². The zero-order valence-corrected chi connectivity index (χ0v) is 24.1. The van der Waals surface area contributed by atoms with Crippen molar-refractivity contribution in [3.8, 4) is 29.1 Å². The van der Waals surface area contributed by atoms with Gasteiger partial charge in [0.1, 0.15) is 41.2 Å². The van der Waals surface area contributed by atoms with Gasteiger partial charge in [-0.05, 0) is 57.7 Å². The molecular weight excluding hydrogens is 548 g/mol. The Morgan fingerprint density at radius 1 is 1.17 bits per heavy atom. The SMILES string of the molecule is N#Cc1c(N)sc2cccc(-c3cc4c5c(nc(OCC67CCCN6CCC7)nc5n3)N3C[C@H]5CC[C@H](N5)[C@H]3CO4)c12. The molecule has 8 heterocycles. The summed E-state index contributed by atoms with van der Waals surface area (Å²) in [7, 11) is 0. The van der Waals surface area contributed by atoms with Crippen LogP contribution in [0.25, 0.3) is 32.4 Å². The number of hydrogen-bond donors (Lipinski definition) is 2. The number of piperazine rings is 1. The maximum absolute atomic E-state index is 9.93. The second-order valence-electron chi connectivity index (χ2n) is 12.5. The van der Waals surface area contributed by atoms with Crippen molar-refractivity contribution in [2.45, 2.75) is 62.2 Å². The van der Waals surface area contributed by atoms with Crippen molar-refractivity contribution in [1.29, 1.82) is 5.26 Å². The van der Waals surface area contributed by atoms with Crippen LogP contribution >= 0.6 is 11.3 Å². The highest BCUT2D eigenvalue weighted by molar-refractivity contribution is 7.23. The first kappa shape index (κ1) is 24.8. The molecule has 3 N–H and O–H groups in total. The molecule has 214 valence electrons. The molecule has 5 aliphatic rings. The molecule has 4 fully saturated rings. The minimum atomic E-state index is 0.0922. The van der Waals surface area contributed by atoms with E-state index in [2.05, 4.69) is 21.2 Å². The number of aromatic nitrogens is 3. The monoisotopic (exact) mass is 580 g/mol. The van der Waals surface area contributed by atoms with Gasteiger partial charge in [0.05, 0.1) is 22.8 Å². The average molecular weight is 581 g/mol. The number of nitrogens with one attached hydrogen (secondary N) is 1. The molecule has 3 aromatic heterocycles. The van der Waals surface area contributed by atoms with Gasteiger partial charge in [-0.2, -0.15) is 15.2 Å². The van der Waals surface area contributed by atoms with Crippen molar-refractivity contribution >= 4 is 43.3 Å². The fraction of sp³-hybridized carbons (Fsp3) is 0.484. The van der Waals surface area contributed by atoms with Crippen LogP contribution in [-0.4, -0.2) is 76.4 Å². The van der Waals surface area contributed by atoms with E-state index in [1.807, 2.05) is 24.3 Å². The molecule has 3 atom stereocenters. The van der Waals surface area contributed by atoms with E-state index in [1.165, 1.54) is 24.2 Å².